The van der Waals surface area contributed by atoms with Gasteiger partial charge in [0, 0.05) is 23.6 Å². The topological polar surface area (TPSA) is 15.3 Å². The third-order valence-electron chi connectivity index (χ3n) is 3.68. The van der Waals surface area contributed by atoms with Gasteiger partial charge in [-0.3, -0.25) is 4.90 Å². The minimum Gasteiger partial charge on any atom is -0.317 e. The van der Waals surface area contributed by atoms with Gasteiger partial charge in [-0.05, 0) is 43.6 Å². The molecule has 2 rings (SSSR count). The van der Waals surface area contributed by atoms with Crippen molar-refractivity contribution in [1.29, 1.82) is 0 Å². The molecular formula is C14H21BrN2. The number of hydrogen-bond donors (Lipinski definition) is 1. The van der Waals surface area contributed by atoms with E-state index in [9.17, 15) is 0 Å². The van der Waals surface area contributed by atoms with Crippen LogP contribution < -0.4 is 5.32 Å². The maximum absolute atomic E-state index is 3.48. The van der Waals surface area contributed by atoms with Gasteiger partial charge in [-0.2, -0.15) is 0 Å². The van der Waals surface area contributed by atoms with Crippen molar-refractivity contribution in [2.45, 2.75) is 25.9 Å². The van der Waals surface area contributed by atoms with Crippen molar-refractivity contribution in [2.24, 2.45) is 5.92 Å². The van der Waals surface area contributed by atoms with Crippen LogP contribution in [0.3, 0.4) is 0 Å². The molecule has 0 aromatic heterocycles. The van der Waals surface area contributed by atoms with E-state index in [-0.39, 0.29) is 0 Å². The van der Waals surface area contributed by atoms with Crippen LogP contribution in [0.25, 0.3) is 0 Å². The first kappa shape index (κ1) is 13.1. The Kier molecular flexibility index (Phi) is 4.60. The highest BCUT2D eigenvalue weighted by Gasteiger charge is 2.24. The lowest BCUT2D eigenvalue weighted by molar-refractivity contribution is 0.145. The minimum absolute atomic E-state index is 0.691. The Morgan fingerprint density at radius 1 is 1.35 bits per heavy atom. The molecular weight excluding hydrogens is 276 g/mol. The number of benzene rings is 1. The van der Waals surface area contributed by atoms with Gasteiger partial charge in [0.05, 0.1) is 0 Å². The van der Waals surface area contributed by atoms with Crippen LogP contribution in [-0.4, -0.2) is 31.1 Å². The second kappa shape index (κ2) is 5.98. The van der Waals surface area contributed by atoms with Gasteiger partial charge in [-0.25, -0.2) is 0 Å². The third-order valence-corrected chi connectivity index (χ3v) is 4.21. The molecule has 1 N–H and O–H groups in total. The van der Waals surface area contributed by atoms with Crippen LogP contribution in [-0.2, 0) is 6.54 Å². The van der Waals surface area contributed by atoms with Crippen LogP contribution in [0.15, 0.2) is 28.7 Å². The molecule has 2 nitrogen and oxygen atoms in total. The zero-order valence-corrected chi connectivity index (χ0v) is 12.2. The molecule has 0 bridgehead atoms. The van der Waals surface area contributed by atoms with Gasteiger partial charge in [0.1, 0.15) is 0 Å². The summed E-state index contributed by atoms with van der Waals surface area (Å²) in [4.78, 5) is 2.56. The molecule has 1 aromatic carbocycles. The molecule has 1 saturated heterocycles. The Morgan fingerprint density at radius 3 is 2.65 bits per heavy atom. The summed E-state index contributed by atoms with van der Waals surface area (Å²) < 4.78 is 1.16. The molecule has 94 valence electrons. The number of likely N-dealkylation sites (tertiary alicyclic amines) is 1. The van der Waals surface area contributed by atoms with Crippen LogP contribution in [0.2, 0.25) is 0 Å². The molecule has 1 aromatic rings. The monoisotopic (exact) mass is 296 g/mol. The van der Waals surface area contributed by atoms with Gasteiger partial charge < -0.3 is 5.32 Å². The van der Waals surface area contributed by atoms with Crippen LogP contribution in [0.5, 0.6) is 0 Å². The average molecular weight is 297 g/mol. The van der Waals surface area contributed by atoms with Crippen molar-refractivity contribution in [1.82, 2.24) is 10.2 Å². The molecule has 1 fully saturated rings. The smallest absolute Gasteiger partial charge is 0.0233 e. The van der Waals surface area contributed by atoms with Crippen molar-refractivity contribution in [2.75, 3.05) is 20.1 Å². The van der Waals surface area contributed by atoms with Crippen molar-refractivity contribution < 1.29 is 0 Å². The van der Waals surface area contributed by atoms with Gasteiger partial charge in [0.15, 0.2) is 0 Å². The number of piperidine rings is 1. The molecule has 2 unspecified atom stereocenters. The number of nitrogens with one attached hydrogen (secondary N) is 1. The van der Waals surface area contributed by atoms with E-state index in [0.717, 1.165) is 16.9 Å². The molecule has 0 saturated carbocycles. The zero-order chi connectivity index (χ0) is 12.3. The van der Waals surface area contributed by atoms with Crippen molar-refractivity contribution >= 4 is 15.9 Å². The van der Waals surface area contributed by atoms with Gasteiger partial charge in [0.2, 0.25) is 0 Å². The molecule has 2 atom stereocenters. The predicted octanol–water partition coefficient (Wildman–Crippen LogP) is 2.88. The standard InChI is InChI=1S/C14H21BrN2/c1-11-9-17(8-7-14(11)16-2)10-12-3-5-13(15)6-4-12/h3-6,11,14,16H,7-10H2,1-2H3. The Bertz CT molecular complexity index is 350. The van der Waals surface area contributed by atoms with E-state index < -0.39 is 0 Å². The van der Waals surface area contributed by atoms with E-state index in [2.05, 4.69) is 64.4 Å². The van der Waals surface area contributed by atoms with Crippen molar-refractivity contribution in [3.8, 4) is 0 Å². The van der Waals surface area contributed by atoms with Crippen LogP contribution in [0, 0.1) is 5.92 Å². The largest absolute Gasteiger partial charge is 0.317 e. The molecule has 17 heavy (non-hydrogen) atoms. The summed E-state index contributed by atoms with van der Waals surface area (Å²) in [7, 11) is 2.07. The van der Waals surface area contributed by atoms with E-state index in [1.165, 1.54) is 25.1 Å². The van der Waals surface area contributed by atoms with Gasteiger partial charge in [-0.1, -0.05) is 35.0 Å². The fraction of sp³-hybridized carbons (Fsp3) is 0.571. The molecule has 1 heterocycles. The van der Waals surface area contributed by atoms with Crippen LogP contribution >= 0.6 is 15.9 Å². The van der Waals surface area contributed by atoms with Gasteiger partial charge in [-0.15, -0.1) is 0 Å². The first-order chi connectivity index (χ1) is 8.19. The lowest BCUT2D eigenvalue weighted by Gasteiger charge is -2.36. The molecule has 3 heteroatoms. The van der Waals surface area contributed by atoms with Gasteiger partial charge in [0.25, 0.3) is 0 Å². The highest BCUT2D eigenvalue weighted by atomic mass is 79.9. The predicted molar refractivity (Wildman–Crippen MR) is 76.0 cm³/mol. The fourth-order valence-corrected chi connectivity index (χ4v) is 2.92. The maximum atomic E-state index is 3.48. The average Bonchev–Trinajstić information content (AvgIpc) is 2.32. The first-order valence-corrected chi connectivity index (χ1v) is 7.12. The lowest BCUT2D eigenvalue weighted by Crippen LogP contribution is -2.46. The summed E-state index contributed by atoms with van der Waals surface area (Å²) in [5.41, 5.74) is 1.41. The molecule has 1 aliphatic rings. The lowest BCUT2D eigenvalue weighted by atomic mass is 9.94. The first-order valence-electron chi connectivity index (χ1n) is 6.33. The van der Waals surface area contributed by atoms with E-state index in [1.54, 1.807) is 0 Å². The molecule has 0 aliphatic carbocycles. The van der Waals surface area contributed by atoms with E-state index in [4.69, 9.17) is 0 Å². The summed E-state index contributed by atoms with van der Waals surface area (Å²) >= 11 is 3.48. The third kappa shape index (κ3) is 3.54. The number of halogens is 1. The second-order valence-corrected chi connectivity index (χ2v) is 5.94. The number of rotatable bonds is 3. The summed E-state index contributed by atoms with van der Waals surface area (Å²) in [5.74, 6) is 0.740. The number of nitrogens with zero attached hydrogens (tertiary/aromatic N) is 1. The molecule has 1 aliphatic heterocycles. The maximum Gasteiger partial charge on any atom is 0.0233 e. The van der Waals surface area contributed by atoms with Crippen molar-refractivity contribution in [3.63, 3.8) is 0 Å². The van der Waals surface area contributed by atoms with E-state index in [1.807, 2.05) is 0 Å². The summed E-state index contributed by atoms with van der Waals surface area (Å²) in [6.07, 6.45) is 1.26. The molecule has 0 spiro atoms. The second-order valence-electron chi connectivity index (χ2n) is 5.02. The Hall–Kier alpha value is -0.380. The van der Waals surface area contributed by atoms with E-state index >= 15 is 0 Å². The van der Waals surface area contributed by atoms with Crippen LogP contribution in [0.1, 0.15) is 18.9 Å². The highest BCUT2D eigenvalue weighted by Crippen LogP contribution is 2.19. The zero-order valence-electron chi connectivity index (χ0n) is 10.6. The quantitative estimate of drug-likeness (QED) is 0.923. The minimum atomic E-state index is 0.691. The summed E-state index contributed by atoms with van der Waals surface area (Å²) in [6, 6.07) is 9.35. The fourth-order valence-electron chi connectivity index (χ4n) is 2.65. The Morgan fingerprint density at radius 2 is 2.06 bits per heavy atom. The normalized spacial score (nSPS) is 26.1. The molecule has 0 amide bonds. The summed E-state index contributed by atoms with van der Waals surface area (Å²) in [5, 5.41) is 3.41. The molecule has 0 radical (unpaired) electrons. The number of hydrogen-bond acceptors (Lipinski definition) is 2. The Balaban J connectivity index is 1.90. The Labute approximate surface area is 113 Å². The van der Waals surface area contributed by atoms with Crippen molar-refractivity contribution in [3.05, 3.63) is 34.3 Å². The van der Waals surface area contributed by atoms with E-state index in [0.29, 0.717) is 6.04 Å². The summed E-state index contributed by atoms with van der Waals surface area (Å²) in [6.45, 7) is 5.82. The van der Waals surface area contributed by atoms with Crippen LogP contribution in [0.4, 0.5) is 0 Å². The van der Waals surface area contributed by atoms with Gasteiger partial charge >= 0.3 is 0 Å². The SMILES string of the molecule is CNC1CCN(Cc2ccc(Br)cc2)CC1C. The highest BCUT2D eigenvalue weighted by molar-refractivity contribution is 9.10.